The summed E-state index contributed by atoms with van der Waals surface area (Å²) in [5.74, 6) is -0.840. The average molecular weight is 294 g/mol. The Labute approximate surface area is 129 Å². The monoisotopic (exact) mass is 294 g/mol. The molecular weight excluding hydrogens is 276 g/mol. The summed E-state index contributed by atoms with van der Waals surface area (Å²) in [6, 6.07) is 18.5. The Bertz CT molecular complexity index is 778. The van der Waals surface area contributed by atoms with E-state index in [4.69, 9.17) is 5.11 Å². The molecule has 4 heteroatoms. The fraction of sp³-hybridized carbons (Fsp3) is 0.167. The van der Waals surface area contributed by atoms with Gasteiger partial charge in [0.25, 0.3) is 0 Å². The molecule has 112 valence electrons. The smallest absolute Gasteiger partial charge is 0.317 e. The molecule has 0 saturated heterocycles. The first kappa shape index (κ1) is 14.4. The van der Waals surface area contributed by atoms with E-state index in [9.17, 15) is 4.79 Å². The van der Waals surface area contributed by atoms with Crippen LogP contribution in [-0.4, -0.2) is 22.2 Å². The van der Waals surface area contributed by atoms with E-state index in [1.807, 2.05) is 30.3 Å². The van der Waals surface area contributed by atoms with Crippen molar-refractivity contribution in [3.05, 3.63) is 71.9 Å². The van der Waals surface area contributed by atoms with Crippen molar-refractivity contribution in [2.75, 3.05) is 6.54 Å². The quantitative estimate of drug-likeness (QED) is 0.735. The molecule has 0 atom stereocenters. The number of fused-ring (bicyclic) bond motifs is 1. The Morgan fingerprint density at radius 1 is 1.05 bits per heavy atom. The van der Waals surface area contributed by atoms with Gasteiger partial charge in [-0.3, -0.25) is 4.79 Å². The van der Waals surface area contributed by atoms with Gasteiger partial charge in [0.1, 0.15) is 0 Å². The Balaban J connectivity index is 1.88. The topological polar surface area (TPSA) is 54.3 Å². The van der Waals surface area contributed by atoms with Crippen molar-refractivity contribution in [3.8, 4) is 0 Å². The van der Waals surface area contributed by atoms with Gasteiger partial charge in [-0.05, 0) is 17.2 Å². The van der Waals surface area contributed by atoms with Crippen LogP contribution >= 0.6 is 0 Å². The van der Waals surface area contributed by atoms with Crippen LogP contribution in [0.25, 0.3) is 10.9 Å². The molecule has 0 aliphatic heterocycles. The number of carboxylic acids is 1. The minimum Gasteiger partial charge on any atom is -0.480 e. The first-order valence-corrected chi connectivity index (χ1v) is 7.27. The SMILES string of the molecule is O=C(O)CNCc1cn(Cc2ccccc2)c2ccccc12. The van der Waals surface area contributed by atoms with E-state index < -0.39 is 5.97 Å². The molecule has 2 N–H and O–H groups in total. The molecule has 0 aliphatic carbocycles. The number of carbonyl (C=O) groups is 1. The predicted molar refractivity (Wildman–Crippen MR) is 86.8 cm³/mol. The second-order valence-corrected chi connectivity index (χ2v) is 5.28. The number of nitrogens with one attached hydrogen (secondary N) is 1. The zero-order valence-electron chi connectivity index (χ0n) is 12.2. The maximum atomic E-state index is 10.6. The molecule has 0 unspecified atom stereocenters. The van der Waals surface area contributed by atoms with Gasteiger partial charge in [0.2, 0.25) is 0 Å². The average Bonchev–Trinajstić information content (AvgIpc) is 2.86. The predicted octanol–water partition coefficient (Wildman–Crippen LogP) is 2.86. The molecule has 1 aromatic heterocycles. The standard InChI is InChI=1S/C18H18N2O2/c21-18(22)11-19-10-15-13-20(12-14-6-2-1-3-7-14)17-9-5-4-8-16(15)17/h1-9,13,19H,10-12H2,(H,21,22). The van der Waals surface area contributed by atoms with Gasteiger partial charge in [-0.2, -0.15) is 0 Å². The maximum Gasteiger partial charge on any atom is 0.317 e. The first-order chi connectivity index (χ1) is 10.7. The summed E-state index contributed by atoms with van der Waals surface area (Å²) in [4.78, 5) is 10.6. The largest absolute Gasteiger partial charge is 0.480 e. The molecule has 3 rings (SSSR count). The Hall–Kier alpha value is -2.59. The number of aromatic nitrogens is 1. The van der Waals surface area contributed by atoms with Crippen LogP contribution in [0.5, 0.6) is 0 Å². The summed E-state index contributed by atoms with van der Waals surface area (Å²) in [7, 11) is 0. The Morgan fingerprint density at radius 2 is 1.77 bits per heavy atom. The number of carboxylic acid groups (broad SMARTS) is 1. The van der Waals surface area contributed by atoms with Crippen LogP contribution in [0.4, 0.5) is 0 Å². The van der Waals surface area contributed by atoms with E-state index in [1.165, 1.54) is 11.1 Å². The molecule has 0 fully saturated rings. The summed E-state index contributed by atoms with van der Waals surface area (Å²) in [5, 5.41) is 12.9. The third-order valence-corrected chi connectivity index (χ3v) is 3.66. The molecule has 0 bridgehead atoms. The van der Waals surface area contributed by atoms with Crippen molar-refractivity contribution in [1.82, 2.24) is 9.88 Å². The van der Waals surface area contributed by atoms with Crippen LogP contribution in [0.3, 0.4) is 0 Å². The fourth-order valence-electron chi connectivity index (χ4n) is 2.68. The van der Waals surface area contributed by atoms with Crippen molar-refractivity contribution in [1.29, 1.82) is 0 Å². The molecule has 0 aliphatic rings. The second-order valence-electron chi connectivity index (χ2n) is 5.28. The molecule has 2 aromatic carbocycles. The van der Waals surface area contributed by atoms with Crippen molar-refractivity contribution < 1.29 is 9.90 Å². The van der Waals surface area contributed by atoms with Crippen molar-refractivity contribution in [3.63, 3.8) is 0 Å². The number of nitrogens with zero attached hydrogens (tertiary/aromatic N) is 1. The number of hydrogen-bond acceptors (Lipinski definition) is 2. The van der Waals surface area contributed by atoms with Gasteiger partial charge in [-0.25, -0.2) is 0 Å². The van der Waals surface area contributed by atoms with Gasteiger partial charge in [0.15, 0.2) is 0 Å². The van der Waals surface area contributed by atoms with Crippen molar-refractivity contribution in [2.45, 2.75) is 13.1 Å². The Morgan fingerprint density at radius 3 is 2.55 bits per heavy atom. The minimum absolute atomic E-state index is 0.0296. The molecule has 0 saturated carbocycles. The minimum atomic E-state index is -0.840. The molecule has 22 heavy (non-hydrogen) atoms. The number of aliphatic carboxylic acids is 1. The maximum absolute atomic E-state index is 10.6. The van der Waals surface area contributed by atoms with Crippen LogP contribution in [-0.2, 0) is 17.9 Å². The first-order valence-electron chi connectivity index (χ1n) is 7.27. The van der Waals surface area contributed by atoms with Gasteiger partial charge < -0.3 is 15.0 Å². The van der Waals surface area contributed by atoms with E-state index in [-0.39, 0.29) is 6.54 Å². The highest BCUT2D eigenvalue weighted by Crippen LogP contribution is 2.22. The van der Waals surface area contributed by atoms with Gasteiger partial charge in [0.05, 0.1) is 6.54 Å². The van der Waals surface area contributed by atoms with Crippen LogP contribution in [0.2, 0.25) is 0 Å². The van der Waals surface area contributed by atoms with E-state index in [2.05, 4.69) is 40.3 Å². The van der Waals surface area contributed by atoms with E-state index in [1.54, 1.807) is 0 Å². The third-order valence-electron chi connectivity index (χ3n) is 3.66. The summed E-state index contributed by atoms with van der Waals surface area (Å²) in [6.07, 6.45) is 2.10. The lowest BCUT2D eigenvalue weighted by atomic mass is 10.2. The zero-order valence-corrected chi connectivity index (χ0v) is 12.2. The zero-order chi connectivity index (χ0) is 15.4. The van der Waals surface area contributed by atoms with Crippen LogP contribution < -0.4 is 5.32 Å². The number of hydrogen-bond donors (Lipinski definition) is 2. The lowest BCUT2D eigenvalue weighted by molar-refractivity contribution is -0.135. The molecule has 0 amide bonds. The van der Waals surface area contributed by atoms with Crippen LogP contribution in [0.1, 0.15) is 11.1 Å². The normalized spacial score (nSPS) is 10.9. The van der Waals surface area contributed by atoms with Gasteiger partial charge >= 0.3 is 5.97 Å². The molecule has 3 aromatic rings. The van der Waals surface area contributed by atoms with Crippen molar-refractivity contribution >= 4 is 16.9 Å². The van der Waals surface area contributed by atoms with Crippen LogP contribution in [0, 0.1) is 0 Å². The molecule has 4 nitrogen and oxygen atoms in total. The highest BCUT2D eigenvalue weighted by molar-refractivity contribution is 5.84. The highest BCUT2D eigenvalue weighted by Gasteiger charge is 2.08. The van der Waals surface area contributed by atoms with Crippen LogP contribution in [0.15, 0.2) is 60.8 Å². The number of benzene rings is 2. The number of rotatable bonds is 6. The van der Waals surface area contributed by atoms with Gasteiger partial charge in [-0.1, -0.05) is 48.5 Å². The lowest BCUT2D eigenvalue weighted by Gasteiger charge is -2.05. The number of para-hydroxylation sites is 1. The molecular formula is C18H18N2O2. The van der Waals surface area contributed by atoms with Gasteiger partial charge in [0, 0.05) is 30.2 Å². The molecule has 0 radical (unpaired) electrons. The third kappa shape index (κ3) is 3.18. The molecule has 0 spiro atoms. The van der Waals surface area contributed by atoms with Gasteiger partial charge in [-0.15, -0.1) is 0 Å². The molecule has 1 heterocycles. The Kier molecular flexibility index (Phi) is 4.21. The highest BCUT2D eigenvalue weighted by atomic mass is 16.4. The summed E-state index contributed by atoms with van der Waals surface area (Å²) in [5.41, 5.74) is 3.53. The summed E-state index contributed by atoms with van der Waals surface area (Å²) < 4.78 is 2.21. The second kappa shape index (κ2) is 6.45. The summed E-state index contributed by atoms with van der Waals surface area (Å²) in [6.45, 7) is 1.33. The summed E-state index contributed by atoms with van der Waals surface area (Å²) >= 11 is 0. The fourth-order valence-corrected chi connectivity index (χ4v) is 2.68. The lowest BCUT2D eigenvalue weighted by Crippen LogP contribution is -2.21. The van der Waals surface area contributed by atoms with Crippen molar-refractivity contribution in [2.24, 2.45) is 0 Å². The van der Waals surface area contributed by atoms with E-state index >= 15 is 0 Å². The van der Waals surface area contributed by atoms with E-state index in [0.717, 1.165) is 17.5 Å². The van der Waals surface area contributed by atoms with E-state index in [0.29, 0.717) is 6.54 Å².